The van der Waals surface area contributed by atoms with Crippen LogP contribution in [0.2, 0.25) is 5.02 Å². The molecular weight excluding hydrogens is 466 g/mol. The average molecular weight is 496 g/mol. The zero-order valence-corrected chi connectivity index (χ0v) is 21.4. The van der Waals surface area contributed by atoms with Crippen molar-refractivity contribution in [3.63, 3.8) is 0 Å². The van der Waals surface area contributed by atoms with Gasteiger partial charge < -0.3 is 19.1 Å². The summed E-state index contributed by atoms with van der Waals surface area (Å²) in [4.78, 5) is 12.9. The Labute approximate surface area is 209 Å². The fourth-order valence-corrected chi connectivity index (χ4v) is 4.41. The van der Waals surface area contributed by atoms with E-state index in [2.05, 4.69) is 5.10 Å². The molecule has 0 saturated heterocycles. The molecule has 0 aliphatic rings. The van der Waals surface area contributed by atoms with Crippen molar-refractivity contribution in [2.24, 2.45) is 0 Å². The van der Waals surface area contributed by atoms with Crippen LogP contribution < -0.4 is 4.74 Å². The molecule has 8 heteroatoms. The Morgan fingerprint density at radius 3 is 2.43 bits per heavy atom. The van der Waals surface area contributed by atoms with Gasteiger partial charge in [0.25, 0.3) is 0 Å². The molecule has 0 amide bonds. The maximum atomic E-state index is 12.9. The second kappa shape index (κ2) is 10.1. The Bertz CT molecular complexity index is 1370. The number of hydrogen-bond acceptors (Lipinski definition) is 5. The van der Waals surface area contributed by atoms with Crippen molar-refractivity contribution in [2.75, 3.05) is 13.2 Å². The van der Waals surface area contributed by atoms with Gasteiger partial charge in [-0.1, -0.05) is 29.3 Å². The highest BCUT2D eigenvalue weighted by molar-refractivity contribution is 6.31. The van der Waals surface area contributed by atoms with Gasteiger partial charge in [-0.3, -0.25) is 4.68 Å². The first kappa shape index (κ1) is 24.8. The average Bonchev–Trinajstić information content (AvgIpc) is 3.25. The zero-order valence-electron chi connectivity index (χ0n) is 20.6. The third-order valence-electron chi connectivity index (χ3n) is 6.07. The predicted octanol–water partition coefficient (Wildman–Crippen LogP) is 5.33. The summed E-state index contributed by atoms with van der Waals surface area (Å²) in [5.41, 5.74) is 5.82. The van der Waals surface area contributed by atoms with E-state index in [1.165, 1.54) is 0 Å². The summed E-state index contributed by atoms with van der Waals surface area (Å²) in [5.74, 6) is 0.175. The van der Waals surface area contributed by atoms with Gasteiger partial charge in [0.15, 0.2) is 0 Å². The maximum absolute atomic E-state index is 12.9. The van der Waals surface area contributed by atoms with Gasteiger partial charge in [-0.25, -0.2) is 4.79 Å². The number of esters is 1. The van der Waals surface area contributed by atoms with E-state index in [9.17, 15) is 9.90 Å². The van der Waals surface area contributed by atoms with Gasteiger partial charge in [0.05, 0.1) is 40.6 Å². The fraction of sp³-hybridized carbons (Fsp3) is 0.333. The number of aliphatic hydroxyl groups is 1. The molecule has 0 saturated carbocycles. The van der Waals surface area contributed by atoms with Crippen LogP contribution >= 0.6 is 11.6 Å². The van der Waals surface area contributed by atoms with E-state index in [0.29, 0.717) is 16.3 Å². The molecule has 1 unspecified atom stereocenters. The molecule has 0 radical (unpaired) electrons. The number of hydrogen-bond donors (Lipinski definition) is 1. The Morgan fingerprint density at radius 1 is 1.09 bits per heavy atom. The van der Waals surface area contributed by atoms with Crippen LogP contribution in [0.15, 0.2) is 42.5 Å². The number of carbonyl (C=O) groups excluding carboxylic acids is 1. The van der Waals surface area contributed by atoms with Crippen LogP contribution in [0, 0.1) is 27.7 Å². The second-order valence-corrected chi connectivity index (χ2v) is 9.04. The highest BCUT2D eigenvalue weighted by Crippen LogP contribution is 2.33. The van der Waals surface area contributed by atoms with Gasteiger partial charge in [0, 0.05) is 16.8 Å². The second-order valence-electron chi connectivity index (χ2n) is 8.66. The standard InChI is InChI=1S/C27H30ClN3O4/c1-6-34-27(33)25-18(4)31(20-9-7-16(2)8-10-20)24-12-11-22(13-23(24)25)35-15-21(32)14-30-19(5)26(28)17(3)29-30/h7-13,21,32H,6,14-15H2,1-5H3. The van der Waals surface area contributed by atoms with E-state index in [-0.39, 0.29) is 25.7 Å². The van der Waals surface area contributed by atoms with E-state index >= 15 is 0 Å². The minimum atomic E-state index is -0.789. The Balaban J connectivity index is 1.64. The fourth-order valence-electron chi connectivity index (χ4n) is 4.27. The number of benzene rings is 2. The smallest absolute Gasteiger partial charge is 0.340 e. The van der Waals surface area contributed by atoms with Gasteiger partial charge >= 0.3 is 5.97 Å². The lowest BCUT2D eigenvalue weighted by Gasteiger charge is -2.14. The summed E-state index contributed by atoms with van der Waals surface area (Å²) in [7, 11) is 0. The number of rotatable bonds is 8. The summed E-state index contributed by atoms with van der Waals surface area (Å²) >= 11 is 6.20. The van der Waals surface area contributed by atoms with Crippen molar-refractivity contribution in [1.82, 2.24) is 14.3 Å². The van der Waals surface area contributed by atoms with E-state index in [1.54, 1.807) is 11.6 Å². The van der Waals surface area contributed by atoms with E-state index < -0.39 is 6.10 Å². The molecule has 2 aromatic heterocycles. The van der Waals surface area contributed by atoms with Crippen LogP contribution in [0.1, 0.15) is 39.9 Å². The number of fused-ring (bicyclic) bond motifs is 1. The SMILES string of the molecule is CCOC(=O)c1c(C)n(-c2ccc(C)cc2)c2ccc(OCC(O)Cn3nc(C)c(Cl)c3C)cc12. The van der Waals surface area contributed by atoms with Crippen molar-refractivity contribution >= 4 is 28.5 Å². The lowest BCUT2D eigenvalue weighted by Crippen LogP contribution is -2.24. The Kier molecular flexibility index (Phi) is 7.19. The monoisotopic (exact) mass is 495 g/mol. The van der Waals surface area contributed by atoms with Crippen molar-refractivity contribution in [1.29, 1.82) is 0 Å². The number of aromatic nitrogens is 3. The number of halogens is 1. The number of ether oxygens (including phenoxy) is 2. The van der Waals surface area contributed by atoms with Crippen LogP contribution in [-0.4, -0.2) is 44.7 Å². The minimum absolute atomic E-state index is 0.0634. The largest absolute Gasteiger partial charge is 0.491 e. The van der Waals surface area contributed by atoms with E-state index in [1.807, 2.05) is 74.7 Å². The molecule has 4 aromatic rings. The minimum Gasteiger partial charge on any atom is -0.491 e. The van der Waals surface area contributed by atoms with Crippen molar-refractivity contribution in [3.8, 4) is 11.4 Å². The molecule has 0 aliphatic carbocycles. The first-order chi connectivity index (χ1) is 16.7. The highest BCUT2D eigenvalue weighted by atomic mass is 35.5. The third-order valence-corrected chi connectivity index (χ3v) is 6.61. The summed E-state index contributed by atoms with van der Waals surface area (Å²) in [6, 6.07) is 13.7. The summed E-state index contributed by atoms with van der Waals surface area (Å²) in [6.07, 6.45) is -0.789. The summed E-state index contributed by atoms with van der Waals surface area (Å²) < 4.78 is 15.0. The zero-order chi connectivity index (χ0) is 25.3. The number of nitrogens with zero attached hydrogens (tertiary/aromatic N) is 3. The normalized spacial score (nSPS) is 12.2. The molecule has 2 aromatic carbocycles. The van der Waals surface area contributed by atoms with E-state index in [4.69, 9.17) is 21.1 Å². The quantitative estimate of drug-likeness (QED) is 0.334. The molecule has 7 nitrogen and oxygen atoms in total. The first-order valence-electron chi connectivity index (χ1n) is 11.6. The lowest BCUT2D eigenvalue weighted by molar-refractivity contribution is 0.0527. The Hall–Kier alpha value is -3.29. The van der Waals surface area contributed by atoms with Gasteiger partial charge in [0.2, 0.25) is 0 Å². The van der Waals surface area contributed by atoms with Crippen molar-refractivity contribution in [3.05, 3.63) is 75.7 Å². The molecule has 0 bridgehead atoms. The first-order valence-corrected chi connectivity index (χ1v) is 12.0. The van der Waals surface area contributed by atoms with Crippen LogP contribution in [0.25, 0.3) is 16.6 Å². The molecular formula is C27H30ClN3O4. The molecule has 184 valence electrons. The molecule has 0 spiro atoms. The number of carbonyl (C=O) groups is 1. The van der Waals surface area contributed by atoms with Crippen LogP contribution in [0.5, 0.6) is 5.75 Å². The number of aryl methyl sites for hydroxylation is 2. The predicted molar refractivity (Wildman–Crippen MR) is 137 cm³/mol. The molecule has 4 rings (SSSR count). The Morgan fingerprint density at radius 2 is 1.80 bits per heavy atom. The van der Waals surface area contributed by atoms with E-state index in [0.717, 1.165) is 39.2 Å². The van der Waals surface area contributed by atoms with Crippen molar-refractivity contribution < 1.29 is 19.4 Å². The topological polar surface area (TPSA) is 78.5 Å². The maximum Gasteiger partial charge on any atom is 0.340 e. The lowest BCUT2D eigenvalue weighted by atomic mass is 10.1. The van der Waals surface area contributed by atoms with Gasteiger partial charge in [-0.2, -0.15) is 5.10 Å². The summed E-state index contributed by atoms with van der Waals surface area (Å²) in [5, 5.41) is 16.2. The molecule has 35 heavy (non-hydrogen) atoms. The van der Waals surface area contributed by atoms with Gasteiger partial charge in [0.1, 0.15) is 18.5 Å². The molecule has 0 aliphatic heterocycles. The highest BCUT2D eigenvalue weighted by Gasteiger charge is 2.23. The molecule has 1 N–H and O–H groups in total. The molecule has 2 heterocycles. The van der Waals surface area contributed by atoms with Gasteiger partial charge in [-0.15, -0.1) is 0 Å². The third kappa shape index (κ3) is 4.92. The van der Waals surface area contributed by atoms with Crippen LogP contribution in [-0.2, 0) is 11.3 Å². The number of aliphatic hydroxyl groups excluding tert-OH is 1. The van der Waals surface area contributed by atoms with Gasteiger partial charge in [-0.05, 0) is 65.0 Å². The molecule has 1 atom stereocenters. The molecule has 0 fully saturated rings. The van der Waals surface area contributed by atoms with Crippen LogP contribution in [0.3, 0.4) is 0 Å². The van der Waals surface area contributed by atoms with Crippen LogP contribution in [0.4, 0.5) is 0 Å². The summed E-state index contributed by atoms with van der Waals surface area (Å²) in [6.45, 7) is 10.0. The van der Waals surface area contributed by atoms with Crippen molar-refractivity contribution in [2.45, 2.75) is 47.3 Å².